The minimum Gasteiger partial charge on any atom is -0.349 e. The van der Waals surface area contributed by atoms with Crippen LogP contribution in [0.25, 0.3) is 0 Å². The zero-order chi connectivity index (χ0) is 15.0. The topological polar surface area (TPSA) is 77.6 Å². The van der Waals surface area contributed by atoms with Crippen molar-refractivity contribution in [3.63, 3.8) is 0 Å². The number of nitrogens with one attached hydrogen (secondary N) is 1. The first-order chi connectivity index (χ1) is 10.1. The quantitative estimate of drug-likeness (QED) is 0.885. The van der Waals surface area contributed by atoms with Gasteiger partial charge in [-0.1, -0.05) is 0 Å². The molecule has 3 rings (SSSR count). The molecule has 0 fully saturated rings. The number of nitrogens with zero attached hydrogens (tertiary/aromatic N) is 5. The van der Waals surface area contributed by atoms with Crippen LogP contribution in [0.4, 0.5) is 0 Å². The maximum Gasteiger partial charge on any atom is 0.224 e. The van der Waals surface area contributed by atoms with Crippen molar-refractivity contribution in [2.45, 2.75) is 46.2 Å². The third kappa shape index (κ3) is 2.55. The van der Waals surface area contributed by atoms with Gasteiger partial charge in [-0.3, -0.25) is 9.48 Å². The predicted molar refractivity (Wildman–Crippen MR) is 76.6 cm³/mol. The van der Waals surface area contributed by atoms with E-state index in [1.54, 1.807) is 0 Å². The van der Waals surface area contributed by atoms with E-state index < -0.39 is 0 Å². The van der Waals surface area contributed by atoms with Crippen LogP contribution < -0.4 is 5.32 Å². The van der Waals surface area contributed by atoms with Crippen LogP contribution in [-0.4, -0.2) is 30.5 Å². The van der Waals surface area contributed by atoms with Crippen molar-refractivity contribution in [1.29, 1.82) is 0 Å². The number of aryl methyl sites for hydroxylation is 3. The number of aromatic nitrogens is 5. The number of carbonyl (C=O) groups excluding carboxylic acids is 1. The second-order valence-electron chi connectivity index (χ2n) is 5.51. The van der Waals surface area contributed by atoms with E-state index >= 15 is 0 Å². The van der Waals surface area contributed by atoms with E-state index in [9.17, 15) is 4.79 Å². The number of amides is 1. The summed E-state index contributed by atoms with van der Waals surface area (Å²) in [6.45, 7) is 5.30. The summed E-state index contributed by atoms with van der Waals surface area (Å²) >= 11 is 0. The van der Waals surface area contributed by atoms with E-state index in [2.05, 4.69) is 25.2 Å². The molecule has 0 atom stereocenters. The standard InChI is InChI=1S/C14H20N6O/c1-9-11(10(2)19(3)18-9)7-14(21)15-8-13-17-16-12-5-4-6-20(12)13/h4-8H2,1-3H3,(H,15,21). The Balaban J connectivity index is 1.62. The lowest BCUT2D eigenvalue weighted by molar-refractivity contribution is -0.120. The zero-order valence-electron chi connectivity index (χ0n) is 12.7. The van der Waals surface area contributed by atoms with Gasteiger partial charge in [-0.15, -0.1) is 10.2 Å². The number of hydrogen-bond acceptors (Lipinski definition) is 4. The molecule has 1 aliphatic heterocycles. The third-order valence-corrected chi connectivity index (χ3v) is 4.13. The highest BCUT2D eigenvalue weighted by atomic mass is 16.1. The third-order valence-electron chi connectivity index (χ3n) is 4.13. The normalized spacial score (nSPS) is 13.5. The lowest BCUT2D eigenvalue weighted by Crippen LogP contribution is -2.26. The molecule has 3 heterocycles. The van der Waals surface area contributed by atoms with Crippen molar-refractivity contribution in [3.05, 3.63) is 28.6 Å². The molecule has 2 aromatic heterocycles. The molecule has 1 aliphatic rings. The summed E-state index contributed by atoms with van der Waals surface area (Å²) in [5, 5.41) is 15.5. The van der Waals surface area contributed by atoms with Crippen molar-refractivity contribution >= 4 is 5.91 Å². The largest absolute Gasteiger partial charge is 0.349 e. The fourth-order valence-electron chi connectivity index (χ4n) is 2.82. The van der Waals surface area contributed by atoms with E-state index in [1.165, 1.54) is 0 Å². The molecular weight excluding hydrogens is 268 g/mol. The molecule has 1 amide bonds. The molecule has 0 spiro atoms. The van der Waals surface area contributed by atoms with Crippen LogP contribution in [0.5, 0.6) is 0 Å². The van der Waals surface area contributed by atoms with Gasteiger partial charge in [0.15, 0.2) is 5.82 Å². The first kappa shape index (κ1) is 13.8. The van der Waals surface area contributed by atoms with Crippen molar-refractivity contribution < 1.29 is 4.79 Å². The van der Waals surface area contributed by atoms with Crippen molar-refractivity contribution in [3.8, 4) is 0 Å². The SMILES string of the molecule is Cc1nn(C)c(C)c1CC(=O)NCc1nnc2n1CCC2. The van der Waals surface area contributed by atoms with Gasteiger partial charge in [0.1, 0.15) is 5.82 Å². The summed E-state index contributed by atoms with van der Waals surface area (Å²) in [5.74, 6) is 1.86. The van der Waals surface area contributed by atoms with Gasteiger partial charge in [0.2, 0.25) is 5.91 Å². The van der Waals surface area contributed by atoms with Crippen LogP contribution in [0.2, 0.25) is 0 Å². The minimum absolute atomic E-state index is 0.00968. The highest BCUT2D eigenvalue weighted by Crippen LogP contribution is 2.14. The smallest absolute Gasteiger partial charge is 0.224 e. The van der Waals surface area contributed by atoms with Gasteiger partial charge in [-0.25, -0.2) is 0 Å². The summed E-state index contributed by atoms with van der Waals surface area (Å²) in [6, 6.07) is 0. The fraction of sp³-hybridized carbons (Fsp3) is 0.571. The Labute approximate surface area is 123 Å². The first-order valence-corrected chi connectivity index (χ1v) is 7.23. The average Bonchev–Trinajstić information content (AvgIpc) is 3.09. The first-order valence-electron chi connectivity index (χ1n) is 7.23. The van der Waals surface area contributed by atoms with Gasteiger partial charge in [0.05, 0.1) is 18.7 Å². The number of hydrogen-bond donors (Lipinski definition) is 1. The summed E-state index contributed by atoms with van der Waals surface area (Å²) in [5.41, 5.74) is 2.95. The number of carbonyl (C=O) groups is 1. The molecule has 112 valence electrons. The van der Waals surface area contributed by atoms with Gasteiger partial charge in [0.25, 0.3) is 0 Å². The van der Waals surface area contributed by atoms with Crippen molar-refractivity contribution in [2.75, 3.05) is 0 Å². The molecule has 0 unspecified atom stereocenters. The molecule has 0 radical (unpaired) electrons. The molecule has 1 N–H and O–H groups in total. The predicted octanol–water partition coefficient (Wildman–Crippen LogP) is 0.434. The highest BCUT2D eigenvalue weighted by Gasteiger charge is 2.18. The molecule has 0 aliphatic carbocycles. The molecule has 2 aromatic rings. The Hall–Kier alpha value is -2.18. The second kappa shape index (κ2) is 5.31. The molecule has 7 nitrogen and oxygen atoms in total. The highest BCUT2D eigenvalue weighted by molar-refractivity contribution is 5.79. The van der Waals surface area contributed by atoms with Crippen molar-refractivity contribution in [1.82, 2.24) is 29.9 Å². The fourth-order valence-corrected chi connectivity index (χ4v) is 2.82. The molecule has 21 heavy (non-hydrogen) atoms. The van der Waals surface area contributed by atoms with Gasteiger partial charge >= 0.3 is 0 Å². The van der Waals surface area contributed by atoms with Crippen LogP contribution in [0.3, 0.4) is 0 Å². The Bertz CT molecular complexity index is 684. The summed E-state index contributed by atoms with van der Waals surface area (Å²) in [6.07, 6.45) is 2.45. The lowest BCUT2D eigenvalue weighted by Gasteiger charge is -2.06. The summed E-state index contributed by atoms with van der Waals surface area (Å²) in [4.78, 5) is 12.1. The Kier molecular flexibility index (Phi) is 3.48. The van der Waals surface area contributed by atoms with Crippen LogP contribution >= 0.6 is 0 Å². The monoisotopic (exact) mass is 288 g/mol. The van der Waals surface area contributed by atoms with E-state index in [4.69, 9.17) is 0 Å². The lowest BCUT2D eigenvalue weighted by atomic mass is 10.1. The van der Waals surface area contributed by atoms with Crippen LogP contribution in [0, 0.1) is 13.8 Å². The van der Waals surface area contributed by atoms with Gasteiger partial charge in [-0.05, 0) is 20.3 Å². The molecule has 0 bridgehead atoms. The molecular formula is C14H20N6O. The maximum atomic E-state index is 12.1. The summed E-state index contributed by atoms with van der Waals surface area (Å²) < 4.78 is 3.91. The average molecular weight is 288 g/mol. The minimum atomic E-state index is -0.00968. The van der Waals surface area contributed by atoms with Crippen LogP contribution in [0.1, 0.15) is 35.0 Å². The van der Waals surface area contributed by atoms with Crippen LogP contribution in [0.15, 0.2) is 0 Å². The zero-order valence-corrected chi connectivity index (χ0v) is 12.7. The number of fused-ring (bicyclic) bond motifs is 1. The van der Waals surface area contributed by atoms with E-state index in [-0.39, 0.29) is 5.91 Å². The maximum absolute atomic E-state index is 12.1. The molecule has 0 aromatic carbocycles. The number of rotatable bonds is 4. The van der Waals surface area contributed by atoms with E-state index in [1.807, 2.05) is 25.6 Å². The Morgan fingerprint density at radius 2 is 2.14 bits per heavy atom. The Morgan fingerprint density at radius 1 is 1.33 bits per heavy atom. The molecule has 7 heteroatoms. The Morgan fingerprint density at radius 3 is 2.86 bits per heavy atom. The molecule has 0 saturated heterocycles. The molecule has 0 saturated carbocycles. The second-order valence-corrected chi connectivity index (χ2v) is 5.51. The van der Waals surface area contributed by atoms with Gasteiger partial charge in [0, 0.05) is 31.3 Å². The van der Waals surface area contributed by atoms with E-state index in [0.717, 1.165) is 48.0 Å². The summed E-state index contributed by atoms with van der Waals surface area (Å²) in [7, 11) is 1.89. The van der Waals surface area contributed by atoms with Crippen LogP contribution in [-0.2, 0) is 37.8 Å². The van der Waals surface area contributed by atoms with Crippen molar-refractivity contribution in [2.24, 2.45) is 7.05 Å². The van der Waals surface area contributed by atoms with Gasteiger partial charge in [-0.2, -0.15) is 5.10 Å². The van der Waals surface area contributed by atoms with E-state index in [0.29, 0.717) is 13.0 Å². The van der Waals surface area contributed by atoms with Gasteiger partial charge < -0.3 is 9.88 Å².